The van der Waals surface area contributed by atoms with E-state index in [0.29, 0.717) is 28.1 Å². The van der Waals surface area contributed by atoms with Gasteiger partial charge in [0.2, 0.25) is 0 Å². The lowest BCUT2D eigenvalue weighted by Gasteiger charge is -2.26. The van der Waals surface area contributed by atoms with Crippen LogP contribution >= 0.6 is 0 Å². The molecule has 1 N–H and O–H groups in total. The van der Waals surface area contributed by atoms with Crippen LogP contribution in [-0.4, -0.2) is 22.2 Å². The van der Waals surface area contributed by atoms with E-state index >= 15 is 0 Å². The molecule has 5 heteroatoms. The van der Waals surface area contributed by atoms with E-state index in [9.17, 15) is 9.90 Å². The SMILES string of the molecule is Cc1c(-c2cc(C(=O)O)c3c(O[C@H]4CCc5ccccc5C4)ccc(C)c3n2)oc2ccccc12. The highest BCUT2D eigenvalue weighted by Gasteiger charge is 2.24. The van der Waals surface area contributed by atoms with Crippen molar-refractivity contribution in [3.63, 3.8) is 0 Å². The number of carbonyl (C=O) groups is 1. The summed E-state index contributed by atoms with van der Waals surface area (Å²) in [6.45, 7) is 3.91. The van der Waals surface area contributed by atoms with Crippen LogP contribution in [0, 0.1) is 13.8 Å². The van der Waals surface area contributed by atoms with Crippen LogP contribution < -0.4 is 4.74 Å². The van der Waals surface area contributed by atoms with E-state index < -0.39 is 5.97 Å². The molecule has 1 atom stereocenters. The molecule has 5 aromatic rings. The molecule has 1 aliphatic carbocycles. The molecule has 0 aliphatic heterocycles. The summed E-state index contributed by atoms with van der Waals surface area (Å²) in [5, 5.41) is 11.7. The van der Waals surface area contributed by atoms with Crippen LogP contribution in [0.25, 0.3) is 33.3 Å². The number of aryl methyl sites for hydroxylation is 3. The monoisotopic (exact) mass is 463 g/mol. The fourth-order valence-corrected chi connectivity index (χ4v) is 5.19. The standard InChI is InChI=1S/C30H25NO4/c1-17-11-14-26(34-21-13-12-19-7-3-4-8-20(19)15-21)27-23(30(32)33)16-24(31-28(17)27)29-18(2)22-9-5-6-10-25(22)35-29/h3-11,14,16,21H,12-13,15H2,1-2H3,(H,32,33)/t21-/m0/s1. The van der Waals surface area contributed by atoms with Crippen LogP contribution in [0.4, 0.5) is 0 Å². The zero-order valence-electron chi connectivity index (χ0n) is 19.7. The number of para-hydroxylation sites is 1. The number of rotatable bonds is 4. The first-order valence-corrected chi connectivity index (χ1v) is 11.9. The van der Waals surface area contributed by atoms with Crippen LogP contribution in [0.5, 0.6) is 5.75 Å². The van der Waals surface area contributed by atoms with E-state index in [0.717, 1.165) is 41.4 Å². The summed E-state index contributed by atoms with van der Waals surface area (Å²) in [7, 11) is 0. The molecule has 2 heterocycles. The van der Waals surface area contributed by atoms with Crippen molar-refractivity contribution in [1.29, 1.82) is 0 Å². The lowest BCUT2D eigenvalue weighted by molar-refractivity contribution is 0.0698. The minimum Gasteiger partial charge on any atom is -0.489 e. The van der Waals surface area contributed by atoms with Gasteiger partial charge in [-0.05, 0) is 61.6 Å². The van der Waals surface area contributed by atoms with Gasteiger partial charge in [0.05, 0.1) is 16.5 Å². The zero-order valence-corrected chi connectivity index (χ0v) is 19.7. The predicted molar refractivity (Wildman–Crippen MR) is 136 cm³/mol. The fourth-order valence-electron chi connectivity index (χ4n) is 5.19. The summed E-state index contributed by atoms with van der Waals surface area (Å²) >= 11 is 0. The fraction of sp³-hybridized carbons (Fsp3) is 0.200. The number of carboxylic acid groups (broad SMARTS) is 1. The molecule has 2 aromatic heterocycles. The second-order valence-corrected chi connectivity index (χ2v) is 9.27. The molecular formula is C30H25NO4. The molecule has 0 amide bonds. The average molecular weight is 464 g/mol. The van der Waals surface area contributed by atoms with Crippen LogP contribution in [0.2, 0.25) is 0 Å². The van der Waals surface area contributed by atoms with Crippen molar-refractivity contribution in [2.24, 2.45) is 0 Å². The highest BCUT2D eigenvalue weighted by Crippen LogP contribution is 2.38. The first-order chi connectivity index (χ1) is 17.0. The Kier molecular flexibility index (Phi) is 5.06. The zero-order chi connectivity index (χ0) is 24.1. The number of aromatic nitrogens is 1. The number of benzene rings is 3. The lowest BCUT2D eigenvalue weighted by atomic mass is 9.90. The molecule has 1 aliphatic rings. The maximum absolute atomic E-state index is 12.5. The number of hydrogen-bond donors (Lipinski definition) is 1. The lowest BCUT2D eigenvalue weighted by Crippen LogP contribution is -2.25. The number of aromatic carboxylic acids is 1. The molecule has 6 rings (SSSR count). The van der Waals surface area contributed by atoms with Crippen LogP contribution in [0.3, 0.4) is 0 Å². The Balaban J connectivity index is 1.47. The molecule has 174 valence electrons. The van der Waals surface area contributed by atoms with Crippen LogP contribution in [0.1, 0.15) is 39.0 Å². The molecule has 0 saturated carbocycles. The van der Waals surface area contributed by atoms with Crippen molar-refractivity contribution in [3.05, 3.63) is 94.5 Å². The van der Waals surface area contributed by atoms with Crippen molar-refractivity contribution < 1.29 is 19.1 Å². The maximum Gasteiger partial charge on any atom is 0.336 e. The molecule has 0 fully saturated rings. The highest BCUT2D eigenvalue weighted by molar-refractivity contribution is 6.07. The molecule has 3 aromatic carbocycles. The van der Waals surface area contributed by atoms with Crippen molar-refractivity contribution >= 4 is 27.8 Å². The van der Waals surface area contributed by atoms with Gasteiger partial charge < -0.3 is 14.3 Å². The molecular weight excluding hydrogens is 438 g/mol. The van der Waals surface area contributed by atoms with Gasteiger partial charge >= 0.3 is 5.97 Å². The van der Waals surface area contributed by atoms with Gasteiger partial charge in [-0.15, -0.1) is 0 Å². The molecule has 35 heavy (non-hydrogen) atoms. The predicted octanol–water partition coefficient (Wildman–Crippen LogP) is 6.90. The van der Waals surface area contributed by atoms with Crippen molar-refractivity contribution in [2.75, 3.05) is 0 Å². The van der Waals surface area contributed by atoms with Crippen LogP contribution in [-0.2, 0) is 12.8 Å². The summed E-state index contributed by atoms with van der Waals surface area (Å²) in [4.78, 5) is 17.4. The van der Waals surface area contributed by atoms with E-state index in [2.05, 4.69) is 24.3 Å². The summed E-state index contributed by atoms with van der Waals surface area (Å²) < 4.78 is 12.6. The number of ether oxygens (including phenoxy) is 1. The van der Waals surface area contributed by atoms with Gasteiger partial charge in [0.15, 0.2) is 5.76 Å². The Morgan fingerprint density at radius 2 is 1.80 bits per heavy atom. The number of nitrogens with zero attached hydrogens (tertiary/aromatic N) is 1. The first-order valence-electron chi connectivity index (χ1n) is 11.9. The number of furan rings is 1. The Morgan fingerprint density at radius 3 is 2.60 bits per heavy atom. The molecule has 0 unspecified atom stereocenters. The van der Waals surface area contributed by atoms with E-state index in [1.807, 2.05) is 50.2 Å². The second-order valence-electron chi connectivity index (χ2n) is 9.27. The Bertz CT molecular complexity index is 1610. The third-order valence-corrected chi connectivity index (χ3v) is 7.03. The summed E-state index contributed by atoms with van der Waals surface area (Å²) in [5.41, 5.74) is 6.53. The first kappa shape index (κ1) is 21.4. The van der Waals surface area contributed by atoms with E-state index in [-0.39, 0.29) is 11.7 Å². The average Bonchev–Trinajstić information content (AvgIpc) is 3.21. The van der Waals surface area contributed by atoms with Gasteiger partial charge in [0.1, 0.15) is 23.1 Å². The number of pyridine rings is 1. The van der Waals surface area contributed by atoms with Crippen molar-refractivity contribution in [2.45, 2.75) is 39.2 Å². The van der Waals surface area contributed by atoms with Gasteiger partial charge in [0.25, 0.3) is 0 Å². The minimum absolute atomic E-state index is 0.0188. The summed E-state index contributed by atoms with van der Waals surface area (Å²) in [6, 6.07) is 21.6. The molecule has 0 radical (unpaired) electrons. The third-order valence-electron chi connectivity index (χ3n) is 7.03. The number of hydrogen-bond acceptors (Lipinski definition) is 4. The molecule has 5 nitrogen and oxygen atoms in total. The van der Waals surface area contributed by atoms with Crippen LogP contribution in [0.15, 0.2) is 71.1 Å². The topological polar surface area (TPSA) is 72.6 Å². The maximum atomic E-state index is 12.5. The third kappa shape index (κ3) is 3.64. The van der Waals surface area contributed by atoms with Gasteiger partial charge in [-0.25, -0.2) is 9.78 Å². The smallest absolute Gasteiger partial charge is 0.336 e. The highest BCUT2D eigenvalue weighted by atomic mass is 16.5. The van der Waals surface area contributed by atoms with E-state index in [4.69, 9.17) is 14.1 Å². The van der Waals surface area contributed by atoms with Gasteiger partial charge in [0, 0.05) is 17.4 Å². The van der Waals surface area contributed by atoms with Gasteiger partial charge in [-0.2, -0.15) is 0 Å². The molecule has 0 spiro atoms. The van der Waals surface area contributed by atoms with Crippen molar-refractivity contribution in [1.82, 2.24) is 4.98 Å². The van der Waals surface area contributed by atoms with Gasteiger partial charge in [-0.1, -0.05) is 48.5 Å². The molecule has 0 bridgehead atoms. The normalized spacial score (nSPS) is 15.3. The molecule has 0 saturated heterocycles. The largest absolute Gasteiger partial charge is 0.489 e. The number of carboxylic acids is 1. The van der Waals surface area contributed by atoms with Crippen molar-refractivity contribution in [3.8, 4) is 17.2 Å². The summed E-state index contributed by atoms with van der Waals surface area (Å²) in [5.74, 6) is 0.134. The minimum atomic E-state index is -1.02. The second kappa shape index (κ2) is 8.27. The van der Waals surface area contributed by atoms with E-state index in [1.54, 1.807) is 6.07 Å². The Labute approximate surface area is 203 Å². The Morgan fingerprint density at radius 1 is 1.03 bits per heavy atom. The quantitative estimate of drug-likeness (QED) is 0.314. The van der Waals surface area contributed by atoms with Gasteiger partial charge in [-0.3, -0.25) is 0 Å². The van der Waals surface area contributed by atoms with E-state index in [1.165, 1.54) is 11.1 Å². The summed E-state index contributed by atoms with van der Waals surface area (Å²) in [6.07, 6.45) is 2.62. The number of fused-ring (bicyclic) bond motifs is 3. The Hall–Kier alpha value is -4.12.